The molecule has 0 radical (unpaired) electrons. The van der Waals surface area contributed by atoms with E-state index >= 15 is 0 Å². The van der Waals surface area contributed by atoms with Gasteiger partial charge in [-0.05, 0) is 24.6 Å². The van der Waals surface area contributed by atoms with Crippen molar-refractivity contribution in [2.45, 2.75) is 13.3 Å². The first-order valence-electron chi connectivity index (χ1n) is 5.86. The molecule has 0 saturated carbocycles. The van der Waals surface area contributed by atoms with E-state index in [9.17, 15) is 14.4 Å². The molecule has 0 saturated heterocycles. The maximum absolute atomic E-state index is 12.2. The minimum Gasteiger partial charge on any atom is -0.480 e. The molecule has 6 nitrogen and oxygen atoms in total. The van der Waals surface area contributed by atoms with Crippen LogP contribution in [0.5, 0.6) is 0 Å². The highest BCUT2D eigenvalue weighted by molar-refractivity contribution is 5.99. The Labute approximate surface area is 110 Å². The Morgan fingerprint density at radius 3 is 2.42 bits per heavy atom. The van der Waals surface area contributed by atoms with E-state index in [0.717, 1.165) is 0 Å². The van der Waals surface area contributed by atoms with Gasteiger partial charge < -0.3 is 15.7 Å². The summed E-state index contributed by atoms with van der Waals surface area (Å²) in [5.41, 5.74) is 5.62. The summed E-state index contributed by atoms with van der Waals surface area (Å²) in [6.45, 7) is 1.82. The summed E-state index contributed by atoms with van der Waals surface area (Å²) in [5, 5.41) is 8.78. The minimum absolute atomic E-state index is 0.220. The monoisotopic (exact) mass is 264 g/mol. The Morgan fingerprint density at radius 1 is 1.26 bits per heavy atom. The SMILES string of the molecule is CCCN(CC(=O)O)C(=O)c1cccc(C(N)=O)c1. The van der Waals surface area contributed by atoms with Gasteiger partial charge in [0.05, 0.1) is 0 Å². The summed E-state index contributed by atoms with van der Waals surface area (Å²) >= 11 is 0. The number of carbonyl (C=O) groups excluding carboxylic acids is 2. The number of carbonyl (C=O) groups is 3. The van der Waals surface area contributed by atoms with Crippen LogP contribution in [0, 0.1) is 0 Å². The normalized spacial score (nSPS) is 9.95. The van der Waals surface area contributed by atoms with Crippen molar-refractivity contribution in [3.8, 4) is 0 Å². The van der Waals surface area contributed by atoms with Gasteiger partial charge in [0, 0.05) is 17.7 Å². The number of primary amides is 1. The second-order valence-corrected chi connectivity index (χ2v) is 4.07. The van der Waals surface area contributed by atoms with Gasteiger partial charge >= 0.3 is 5.97 Å². The highest BCUT2D eigenvalue weighted by Gasteiger charge is 2.18. The first-order valence-corrected chi connectivity index (χ1v) is 5.86. The summed E-state index contributed by atoms with van der Waals surface area (Å²) in [5.74, 6) is -2.13. The van der Waals surface area contributed by atoms with Gasteiger partial charge in [-0.2, -0.15) is 0 Å². The molecular formula is C13H16N2O4. The first kappa shape index (κ1) is 14.7. The van der Waals surface area contributed by atoms with Crippen LogP contribution in [-0.2, 0) is 4.79 Å². The predicted octanol–water partition coefficient (Wildman–Crippen LogP) is 0.722. The van der Waals surface area contributed by atoms with Gasteiger partial charge in [-0.3, -0.25) is 14.4 Å². The van der Waals surface area contributed by atoms with Gasteiger partial charge in [0.1, 0.15) is 6.54 Å². The van der Waals surface area contributed by atoms with Crippen LogP contribution in [-0.4, -0.2) is 40.9 Å². The number of carboxylic acid groups (broad SMARTS) is 1. The molecule has 0 fully saturated rings. The summed E-state index contributed by atoms with van der Waals surface area (Å²) < 4.78 is 0. The lowest BCUT2D eigenvalue weighted by Crippen LogP contribution is -2.36. The lowest BCUT2D eigenvalue weighted by molar-refractivity contribution is -0.137. The first-order chi connectivity index (χ1) is 8.95. The van der Waals surface area contributed by atoms with Gasteiger partial charge in [0.15, 0.2) is 0 Å². The Kier molecular flexibility index (Phi) is 5.05. The van der Waals surface area contributed by atoms with Crippen molar-refractivity contribution < 1.29 is 19.5 Å². The van der Waals surface area contributed by atoms with Crippen LogP contribution in [0.2, 0.25) is 0 Å². The van der Waals surface area contributed by atoms with Crippen LogP contribution in [0.25, 0.3) is 0 Å². The van der Waals surface area contributed by atoms with Crippen molar-refractivity contribution in [1.29, 1.82) is 0 Å². The molecule has 6 heteroatoms. The minimum atomic E-state index is -1.08. The lowest BCUT2D eigenvalue weighted by Gasteiger charge is -2.20. The molecule has 19 heavy (non-hydrogen) atoms. The van der Waals surface area contributed by atoms with Crippen molar-refractivity contribution in [2.75, 3.05) is 13.1 Å². The van der Waals surface area contributed by atoms with Crippen molar-refractivity contribution in [3.63, 3.8) is 0 Å². The van der Waals surface area contributed by atoms with Gasteiger partial charge in [0.25, 0.3) is 5.91 Å². The van der Waals surface area contributed by atoms with Crippen molar-refractivity contribution in [2.24, 2.45) is 5.73 Å². The van der Waals surface area contributed by atoms with Gasteiger partial charge in [-0.1, -0.05) is 13.0 Å². The van der Waals surface area contributed by atoms with Gasteiger partial charge in [-0.15, -0.1) is 0 Å². The number of amides is 2. The smallest absolute Gasteiger partial charge is 0.323 e. The second-order valence-electron chi connectivity index (χ2n) is 4.07. The van der Waals surface area contributed by atoms with Gasteiger partial charge in [-0.25, -0.2) is 0 Å². The fourth-order valence-corrected chi connectivity index (χ4v) is 1.67. The van der Waals surface area contributed by atoms with E-state index in [1.807, 2.05) is 6.92 Å². The largest absolute Gasteiger partial charge is 0.480 e. The number of hydrogen-bond acceptors (Lipinski definition) is 3. The number of rotatable bonds is 6. The average Bonchev–Trinajstić information content (AvgIpc) is 2.37. The Balaban J connectivity index is 2.98. The Hall–Kier alpha value is -2.37. The molecule has 0 unspecified atom stereocenters. The Morgan fingerprint density at radius 2 is 1.89 bits per heavy atom. The number of hydrogen-bond donors (Lipinski definition) is 2. The lowest BCUT2D eigenvalue weighted by atomic mass is 10.1. The van der Waals surface area contributed by atoms with Crippen LogP contribution in [0.1, 0.15) is 34.1 Å². The van der Waals surface area contributed by atoms with E-state index in [4.69, 9.17) is 10.8 Å². The predicted molar refractivity (Wildman–Crippen MR) is 68.8 cm³/mol. The zero-order valence-electron chi connectivity index (χ0n) is 10.6. The summed E-state index contributed by atoms with van der Waals surface area (Å²) in [6.07, 6.45) is 0.647. The molecule has 0 bridgehead atoms. The van der Waals surface area contributed by atoms with E-state index in [1.165, 1.54) is 29.2 Å². The third-order valence-electron chi connectivity index (χ3n) is 2.50. The van der Waals surface area contributed by atoms with Crippen LogP contribution >= 0.6 is 0 Å². The molecule has 0 spiro atoms. The highest BCUT2D eigenvalue weighted by Crippen LogP contribution is 2.09. The summed E-state index contributed by atoms with van der Waals surface area (Å²) in [7, 11) is 0. The van der Waals surface area contributed by atoms with Crippen LogP contribution < -0.4 is 5.73 Å². The van der Waals surface area contributed by atoms with E-state index in [1.54, 1.807) is 0 Å². The fraction of sp³-hybridized carbons (Fsp3) is 0.308. The molecule has 0 aliphatic carbocycles. The molecular weight excluding hydrogens is 248 g/mol. The maximum Gasteiger partial charge on any atom is 0.323 e. The average molecular weight is 264 g/mol. The third kappa shape index (κ3) is 4.09. The maximum atomic E-state index is 12.2. The number of nitrogens with zero attached hydrogens (tertiary/aromatic N) is 1. The molecule has 0 aliphatic rings. The van der Waals surface area contributed by atoms with Crippen molar-refractivity contribution in [1.82, 2.24) is 4.90 Å². The van der Waals surface area contributed by atoms with Crippen molar-refractivity contribution in [3.05, 3.63) is 35.4 Å². The zero-order valence-corrected chi connectivity index (χ0v) is 10.6. The molecule has 102 valence electrons. The van der Waals surface area contributed by atoms with E-state index < -0.39 is 17.8 Å². The number of nitrogens with two attached hydrogens (primary N) is 1. The number of aliphatic carboxylic acids is 1. The molecule has 0 heterocycles. The molecule has 1 aromatic rings. The standard InChI is InChI=1S/C13H16N2O4/c1-2-6-15(8-11(16)17)13(19)10-5-3-4-9(7-10)12(14)18/h3-5,7H,2,6,8H2,1H3,(H2,14,18)(H,16,17). The summed E-state index contributed by atoms with van der Waals surface area (Å²) in [4.78, 5) is 35.2. The van der Waals surface area contributed by atoms with E-state index in [2.05, 4.69) is 0 Å². The molecule has 0 aromatic heterocycles. The molecule has 1 aromatic carbocycles. The van der Waals surface area contributed by atoms with Crippen LogP contribution in [0.3, 0.4) is 0 Å². The highest BCUT2D eigenvalue weighted by atomic mass is 16.4. The quantitative estimate of drug-likeness (QED) is 0.790. The third-order valence-corrected chi connectivity index (χ3v) is 2.50. The van der Waals surface area contributed by atoms with Gasteiger partial charge in [0.2, 0.25) is 5.91 Å². The van der Waals surface area contributed by atoms with Crippen molar-refractivity contribution >= 4 is 17.8 Å². The zero-order chi connectivity index (χ0) is 14.4. The molecule has 2 amide bonds. The van der Waals surface area contributed by atoms with E-state index in [-0.39, 0.29) is 17.7 Å². The molecule has 0 aliphatic heterocycles. The number of benzene rings is 1. The Bertz CT molecular complexity index is 499. The topological polar surface area (TPSA) is 101 Å². The summed E-state index contributed by atoms with van der Waals surface area (Å²) in [6, 6.07) is 5.94. The molecule has 0 atom stereocenters. The number of carboxylic acids is 1. The van der Waals surface area contributed by atoms with E-state index in [0.29, 0.717) is 13.0 Å². The van der Waals surface area contributed by atoms with Crippen LogP contribution in [0.4, 0.5) is 0 Å². The second kappa shape index (κ2) is 6.53. The fourth-order valence-electron chi connectivity index (χ4n) is 1.67. The molecule has 3 N–H and O–H groups in total. The van der Waals surface area contributed by atoms with Crippen LogP contribution in [0.15, 0.2) is 24.3 Å². The molecule has 1 rings (SSSR count).